The average molecular weight is 296 g/mol. The molecule has 0 radical (unpaired) electrons. The van der Waals surface area contributed by atoms with Gasteiger partial charge in [0.1, 0.15) is 5.82 Å². The summed E-state index contributed by atoms with van der Waals surface area (Å²) in [5.41, 5.74) is 7.39. The number of benzene rings is 1. The molecule has 0 bridgehead atoms. The molecule has 3 nitrogen and oxygen atoms in total. The number of nitrogen functional groups attached to an aromatic ring is 1. The van der Waals surface area contributed by atoms with E-state index in [2.05, 4.69) is 11.9 Å². The third kappa shape index (κ3) is 2.49. The van der Waals surface area contributed by atoms with E-state index in [1.807, 2.05) is 4.57 Å². The van der Waals surface area contributed by atoms with Gasteiger partial charge < -0.3 is 10.3 Å². The van der Waals surface area contributed by atoms with E-state index in [4.69, 9.17) is 17.3 Å². The summed E-state index contributed by atoms with van der Waals surface area (Å²) in [5.74, 6) is 1.45. The fourth-order valence-corrected chi connectivity index (χ4v) is 3.26. The van der Waals surface area contributed by atoms with Crippen LogP contribution >= 0.6 is 11.6 Å². The highest BCUT2D eigenvalue weighted by molar-refractivity contribution is 6.31. The normalized spacial score (nSPS) is 23.4. The molecule has 1 fully saturated rings. The van der Waals surface area contributed by atoms with Gasteiger partial charge >= 0.3 is 0 Å². The van der Waals surface area contributed by atoms with Gasteiger partial charge in [-0.1, -0.05) is 31.4 Å². The minimum Gasteiger partial charge on any atom is -0.369 e. The number of imidazole rings is 1. The zero-order valence-corrected chi connectivity index (χ0v) is 12.3. The van der Waals surface area contributed by atoms with E-state index in [0.29, 0.717) is 17.4 Å². The Balaban J connectivity index is 1.91. The molecule has 1 aliphatic carbocycles. The molecule has 20 heavy (non-hydrogen) atoms. The van der Waals surface area contributed by atoms with E-state index in [0.717, 1.165) is 18.0 Å². The molecule has 0 unspecified atom stereocenters. The lowest BCUT2D eigenvalue weighted by molar-refractivity contribution is 0.267. The van der Waals surface area contributed by atoms with Crippen molar-refractivity contribution in [1.82, 2.24) is 9.55 Å². The van der Waals surface area contributed by atoms with Crippen LogP contribution in [0.2, 0.25) is 5.02 Å². The van der Waals surface area contributed by atoms with Gasteiger partial charge in [-0.05, 0) is 30.7 Å². The van der Waals surface area contributed by atoms with Crippen molar-refractivity contribution in [3.8, 4) is 0 Å². The molecule has 0 spiro atoms. The number of anilines is 1. The van der Waals surface area contributed by atoms with Crippen molar-refractivity contribution < 1.29 is 4.39 Å². The number of nitrogens with zero attached hydrogens (tertiary/aromatic N) is 2. The van der Waals surface area contributed by atoms with Crippen molar-refractivity contribution in [2.75, 3.05) is 5.73 Å². The second kappa shape index (κ2) is 5.24. The van der Waals surface area contributed by atoms with Crippen LogP contribution in [0.15, 0.2) is 12.1 Å². The Labute approximate surface area is 122 Å². The monoisotopic (exact) mass is 295 g/mol. The van der Waals surface area contributed by atoms with Crippen LogP contribution in [0.3, 0.4) is 0 Å². The zero-order chi connectivity index (χ0) is 14.3. The molecule has 5 heteroatoms. The third-order valence-corrected chi connectivity index (χ3v) is 4.69. The van der Waals surface area contributed by atoms with E-state index in [1.54, 1.807) is 6.07 Å². The highest BCUT2D eigenvalue weighted by Gasteiger charge is 2.21. The van der Waals surface area contributed by atoms with Crippen LogP contribution in [0.5, 0.6) is 0 Å². The van der Waals surface area contributed by atoms with Gasteiger partial charge in [-0.25, -0.2) is 9.37 Å². The van der Waals surface area contributed by atoms with Gasteiger partial charge in [0.05, 0.1) is 16.1 Å². The van der Waals surface area contributed by atoms with Gasteiger partial charge in [-0.15, -0.1) is 0 Å². The fraction of sp³-hybridized carbons (Fsp3) is 0.533. The van der Waals surface area contributed by atoms with E-state index in [9.17, 15) is 4.39 Å². The molecule has 1 aromatic carbocycles. The Hall–Kier alpha value is -1.29. The molecular formula is C15H19ClFN3. The molecule has 3 rings (SSSR count). The van der Waals surface area contributed by atoms with Crippen LogP contribution in [0.1, 0.15) is 32.6 Å². The molecule has 0 saturated heterocycles. The van der Waals surface area contributed by atoms with Crippen LogP contribution < -0.4 is 5.73 Å². The maximum absolute atomic E-state index is 13.7. The highest BCUT2D eigenvalue weighted by atomic mass is 35.5. The minimum atomic E-state index is -0.419. The van der Waals surface area contributed by atoms with Crippen LogP contribution in [-0.4, -0.2) is 9.55 Å². The minimum absolute atomic E-state index is 0.0913. The topological polar surface area (TPSA) is 43.8 Å². The van der Waals surface area contributed by atoms with Gasteiger partial charge in [0, 0.05) is 12.6 Å². The van der Waals surface area contributed by atoms with Crippen molar-refractivity contribution in [3.05, 3.63) is 23.0 Å². The summed E-state index contributed by atoms with van der Waals surface area (Å²) in [7, 11) is 0. The van der Waals surface area contributed by atoms with Crippen LogP contribution in [0.4, 0.5) is 10.3 Å². The van der Waals surface area contributed by atoms with Crippen molar-refractivity contribution in [3.63, 3.8) is 0 Å². The number of nitrogens with two attached hydrogens (primary N) is 1. The lowest BCUT2D eigenvalue weighted by atomic mass is 9.83. The predicted molar refractivity (Wildman–Crippen MR) is 80.2 cm³/mol. The Kier molecular flexibility index (Phi) is 3.59. The van der Waals surface area contributed by atoms with Crippen LogP contribution in [-0.2, 0) is 6.54 Å². The maximum atomic E-state index is 13.7. The molecule has 0 aliphatic heterocycles. The van der Waals surface area contributed by atoms with Crippen molar-refractivity contribution in [2.45, 2.75) is 39.2 Å². The summed E-state index contributed by atoms with van der Waals surface area (Å²) in [4.78, 5) is 4.29. The van der Waals surface area contributed by atoms with Crippen LogP contribution in [0.25, 0.3) is 11.0 Å². The van der Waals surface area contributed by atoms with Gasteiger partial charge in [0.25, 0.3) is 0 Å². The van der Waals surface area contributed by atoms with Gasteiger partial charge in [-0.3, -0.25) is 0 Å². The van der Waals surface area contributed by atoms with Crippen LogP contribution in [0, 0.1) is 17.7 Å². The SMILES string of the molecule is CC1CCC(Cn2c(N)nc3cc(Cl)c(F)cc32)CC1. The molecule has 1 aliphatic rings. The Bertz CT molecular complexity index is 630. The van der Waals surface area contributed by atoms with Gasteiger partial charge in [0.15, 0.2) is 0 Å². The molecular weight excluding hydrogens is 277 g/mol. The molecule has 1 aromatic heterocycles. The Morgan fingerprint density at radius 2 is 2.05 bits per heavy atom. The second-order valence-corrected chi connectivity index (χ2v) is 6.37. The first-order chi connectivity index (χ1) is 9.54. The van der Waals surface area contributed by atoms with Gasteiger partial charge in [-0.2, -0.15) is 0 Å². The second-order valence-electron chi connectivity index (χ2n) is 5.96. The number of hydrogen-bond donors (Lipinski definition) is 1. The van der Waals surface area contributed by atoms with Gasteiger partial charge in [0.2, 0.25) is 5.95 Å². The number of fused-ring (bicyclic) bond motifs is 1. The van der Waals surface area contributed by atoms with E-state index >= 15 is 0 Å². The summed E-state index contributed by atoms with van der Waals surface area (Å²) in [6.45, 7) is 3.12. The summed E-state index contributed by atoms with van der Waals surface area (Å²) in [6, 6.07) is 2.98. The number of rotatable bonds is 2. The quantitative estimate of drug-likeness (QED) is 0.900. The molecule has 2 aromatic rings. The largest absolute Gasteiger partial charge is 0.369 e. The first-order valence-electron chi connectivity index (χ1n) is 7.15. The van der Waals surface area contributed by atoms with E-state index < -0.39 is 5.82 Å². The predicted octanol–water partition coefficient (Wildman–Crippen LogP) is 4.24. The van der Waals surface area contributed by atoms with E-state index in [1.165, 1.54) is 31.7 Å². The van der Waals surface area contributed by atoms with Crippen molar-refractivity contribution in [2.24, 2.45) is 11.8 Å². The maximum Gasteiger partial charge on any atom is 0.201 e. The molecule has 108 valence electrons. The fourth-order valence-electron chi connectivity index (χ4n) is 3.10. The standard InChI is InChI=1S/C15H19ClFN3/c1-9-2-4-10(5-3-9)8-20-14-7-12(17)11(16)6-13(14)19-15(20)18/h6-7,9-10H,2-5,8H2,1H3,(H2,18,19). The lowest BCUT2D eigenvalue weighted by Gasteiger charge is -2.26. The average Bonchev–Trinajstić information content (AvgIpc) is 2.69. The molecule has 2 N–H and O–H groups in total. The highest BCUT2D eigenvalue weighted by Crippen LogP contribution is 2.32. The summed E-state index contributed by atoms with van der Waals surface area (Å²) < 4.78 is 15.6. The number of aromatic nitrogens is 2. The smallest absolute Gasteiger partial charge is 0.201 e. The Morgan fingerprint density at radius 1 is 1.35 bits per heavy atom. The molecule has 0 atom stereocenters. The lowest BCUT2D eigenvalue weighted by Crippen LogP contribution is -2.18. The first-order valence-corrected chi connectivity index (χ1v) is 7.53. The van der Waals surface area contributed by atoms with Crippen molar-refractivity contribution in [1.29, 1.82) is 0 Å². The molecule has 0 amide bonds. The zero-order valence-electron chi connectivity index (χ0n) is 11.6. The third-order valence-electron chi connectivity index (χ3n) is 4.40. The summed E-state index contributed by atoms with van der Waals surface area (Å²) in [6.07, 6.45) is 4.93. The number of hydrogen-bond acceptors (Lipinski definition) is 2. The molecule has 1 saturated carbocycles. The van der Waals surface area contributed by atoms with Crippen molar-refractivity contribution >= 4 is 28.6 Å². The summed E-state index contributed by atoms with van der Waals surface area (Å²) >= 11 is 5.79. The Morgan fingerprint density at radius 3 is 2.75 bits per heavy atom. The number of halogens is 2. The first kappa shape index (κ1) is 13.7. The summed E-state index contributed by atoms with van der Waals surface area (Å²) in [5, 5.41) is 0.0913. The molecule has 1 heterocycles. The van der Waals surface area contributed by atoms with E-state index in [-0.39, 0.29) is 5.02 Å².